The molecule has 0 unspecified atom stereocenters. The van der Waals surface area contributed by atoms with Crippen molar-refractivity contribution in [2.45, 2.75) is 39.7 Å². The third-order valence-corrected chi connectivity index (χ3v) is 5.07. The van der Waals surface area contributed by atoms with Crippen molar-refractivity contribution in [3.05, 3.63) is 59.2 Å². The summed E-state index contributed by atoms with van der Waals surface area (Å²) in [6, 6.07) is 15.6. The number of ether oxygens (including phenoxy) is 1. The minimum atomic E-state index is 0.582. The van der Waals surface area contributed by atoms with Crippen molar-refractivity contribution >= 4 is 5.69 Å². The van der Waals surface area contributed by atoms with Gasteiger partial charge in [-0.25, -0.2) is 0 Å². The fraction of sp³-hybridized carbons (Fsp3) is 0.455. The molecule has 0 amide bonds. The molecule has 3 rings (SSSR count). The minimum absolute atomic E-state index is 0.582. The lowest BCUT2D eigenvalue weighted by Crippen LogP contribution is -2.40. The fourth-order valence-corrected chi connectivity index (χ4v) is 3.49. The molecular formula is C22H30N2O. The molecule has 0 atom stereocenters. The van der Waals surface area contributed by atoms with Crippen LogP contribution in [0.3, 0.4) is 0 Å². The van der Waals surface area contributed by atoms with Crippen LogP contribution in [0, 0.1) is 20.8 Å². The van der Waals surface area contributed by atoms with Crippen molar-refractivity contribution in [2.24, 2.45) is 0 Å². The Kier molecular flexibility index (Phi) is 5.98. The number of anilines is 1. The number of para-hydroxylation sites is 1. The molecule has 1 N–H and O–H groups in total. The third-order valence-electron chi connectivity index (χ3n) is 5.07. The normalized spacial score (nSPS) is 16.0. The van der Waals surface area contributed by atoms with E-state index >= 15 is 0 Å². The number of likely N-dealkylation sites (tertiary alicyclic amines) is 1. The smallest absolute Gasteiger partial charge is 0.125 e. The quantitative estimate of drug-likeness (QED) is 0.835. The van der Waals surface area contributed by atoms with Crippen LogP contribution >= 0.6 is 0 Å². The van der Waals surface area contributed by atoms with Crippen molar-refractivity contribution in [1.82, 2.24) is 4.90 Å². The summed E-state index contributed by atoms with van der Waals surface area (Å²) in [5, 5.41) is 3.67. The minimum Gasteiger partial charge on any atom is -0.492 e. The van der Waals surface area contributed by atoms with Crippen LogP contribution in [-0.2, 0) is 0 Å². The molecule has 3 heteroatoms. The van der Waals surface area contributed by atoms with Gasteiger partial charge in [-0.15, -0.1) is 0 Å². The van der Waals surface area contributed by atoms with Gasteiger partial charge in [0.15, 0.2) is 0 Å². The Labute approximate surface area is 152 Å². The zero-order chi connectivity index (χ0) is 17.6. The van der Waals surface area contributed by atoms with E-state index in [4.69, 9.17) is 4.74 Å². The highest BCUT2D eigenvalue weighted by Crippen LogP contribution is 2.22. The highest BCUT2D eigenvalue weighted by atomic mass is 16.5. The van der Waals surface area contributed by atoms with Crippen LogP contribution in [0.4, 0.5) is 5.69 Å². The number of benzene rings is 2. The van der Waals surface area contributed by atoms with Crippen molar-refractivity contribution in [3.63, 3.8) is 0 Å². The van der Waals surface area contributed by atoms with E-state index in [2.05, 4.69) is 73.5 Å². The molecule has 134 valence electrons. The predicted octanol–water partition coefficient (Wildman–Crippen LogP) is 4.57. The fourth-order valence-electron chi connectivity index (χ4n) is 3.49. The lowest BCUT2D eigenvalue weighted by molar-refractivity contribution is 0.177. The molecule has 0 spiro atoms. The molecule has 0 saturated carbocycles. The average molecular weight is 338 g/mol. The maximum absolute atomic E-state index is 6.05. The van der Waals surface area contributed by atoms with E-state index in [1.807, 2.05) is 0 Å². The Balaban J connectivity index is 1.40. The molecule has 1 saturated heterocycles. The van der Waals surface area contributed by atoms with E-state index in [0.29, 0.717) is 6.04 Å². The van der Waals surface area contributed by atoms with Gasteiger partial charge in [0.05, 0.1) is 0 Å². The first-order valence-corrected chi connectivity index (χ1v) is 9.36. The first-order valence-electron chi connectivity index (χ1n) is 9.36. The summed E-state index contributed by atoms with van der Waals surface area (Å²) in [5.41, 5.74) is 4.99. The van der Waals surface area contributed by atoms with Crippen LogP contribution in [0.15, 0.2) is 42.5 Å². The first kappa shape index (κ1) is 17.8. The lowest BCUT2D eigenvalue weighted by Gasteiger charge is -2.32. The summed E-state index contributed by atoms with van der Waals surface area (Å²) in [5.74, 6) is 1.05. The molecule has 0 bridgehead atoms. The van der Waals surface area contributed by atoms with Gasteiger partial charge in [0, 0.05) is 31.4 Å². The van der Waals surface area contributed by atoms with Crippen LogP contribution in [-0.4, -0.2) is 37.2 Å². The van der Waals surface area contributed by atoms with E-state index in [1.165, 1.54) is 35.2 Å². The number of rotatable bonds is 6. The van der Waals surface area contributed by atoms with E-state index in [1.54, 1.807) is 0 Å². The van der Waals surface area contributed by atoms with Gasteiger partial charge in [-0.1, -0.05) is 35.9 Å². The van der Waals surface area contributed by atoms with Gasteiger partial charge < -0.3 is 10.1 Å². The Bertz CT molecular complexity index is 653. The van der Waals surface area contributed by atoms with Gasteiger partial charge in [0.2, 0.25) is 0 Å². The summed E-state index contributed by atoms with van der Waals surface area (Å²) >= 11 is 0. The van der Waals surface area contributed by atoms with Gasteiger partial charge in [0.25, 0.3) is 0 Å². The Hall–Kier alpha value is -2.00. The molecule has 0 radical (unpaired) electrons. The molecule has 0 aliphatic carbocycles. The molecule has 2 aromatic carbocycles. The predicted molar refractivity (Wildman–Crippen MR) is 106 cm³/mol. The van der Waals surface area contributed by atoms with Crippen LogP contribution in [0.25, 0.3) is 0 Å². The number of aryl methyl sites for hydroxylation is 3. The van der Waals surface area contributed by atoms with Crippen LogP contribution in [0.2, 0.25) is 0 Å². The van der Waals surface area contributed by atoms with Crippen LogP contribution < -0.4 is 10.1 Å². The Morgan fingerprint density at radius 1 is 0.960 bits per heavy atom. The van der Waals surface area contributed by atoms with E-state index in [9.17, 15) is 0 Å². The van der Waals surface area contributed by atoms with Crippen LogP contribution in [0.5, 0.6) is 5.75 Å². The molecule has 25 heavy (non-hydrogen) atoms. The second-order valence-electron chi connectivity index (χ2n) is 7.20. The molecule has 1 aliphatic rings. The molecular weight excluding hydrogens is 308 g/mol. The maximum Gasteiger partial charge on any atom is 0.125 e. The summed E-state index contributed by atoms with van der Waals surface area (Å²) < 4.78 is 6.05. The molecule has 1 heterocycles. The monoisotopic (exact) mass is 338 g/mol. The van der Waals surface area contributed by atoms with Crippen molar-refractivity contribution < 1.29 is 4.74 Å². The van der Waals surface area contributed by atoms with Crippen molar-refractivity contribution in [2.75, 3.05) is 31.6 Å². The van der Waals surface area contributed by atoms with Crippen molar-refractivity contribution in [3.8, 4) is 5.75 Å². The second kappa shape index (κ2) is 8.39. The van der Waals surface area contributed by atoms with E-state index < -0.39 is 0 Å². The van der Waals surface area contributed by atoms with Gasteiger partial charge in [-0.2, -0.15) is 0 Å². The average Bonchev–Trinajstić information content (AvgIpc) is 2.61. The van der Waals surface area contributed by atoms with E-state index in [-0.39, 0.29) is 0 Å². The van der Waals surface area contributed by atoms with Gasteiger partial charge >= 0.3 is 0 Å². The molecule has 1 aliphatic heterocycles. The third kappa shape index (κ3) is 4.99. The van der Waals surface area contributed by atoms with Gasteiger partial charge in [0.1, 0.15) is 12.4 Å². The topological polar surface area (TPSA) is 24.5 Å². The SMILES string of the molecule is Cc1ccc(NC2CCN(CCOc3c(C)cccc3C)CC2)cc1. The number of nitrogens with zero attached hydrogens (tertiary/aromatic N) is 1. The molecule has 3 nitrogen and oxygen atoms in total. The highest BCUT2D eigenvalue weighted by molar-refractivity contribution is 5.45. The molecule has 1 fully saturated rings. The van der Waals surface area contributed by atoms with Gasteiger partial charge in [-0.3, -0.25) is 4.90 Å². The summed E-state index contributed by atoms with van der Waals surface area (Å²) in [6.07, 6.45) is 2.38. The van der Waals surface area contributed by atoms with E-state index in [0.717, 1.165) is 32.0 Å². The standard InChI is InChI=1S/C22H30N2O/c1-17-7-9-20(10-8-17)23-21-11-13-24(14-12-21)15-16-25-22-18(2)5-4-6-19(22)3/h4-10,21,23H,11-16H2,1-3H3. The lowest BCUT2D eigenvalue weighted by atomic mass is 10.0. The first-order chi connectivity index (χ1) is 12.1. The molecule has 2 aromatic rings. The number of hydrogen-bond donors (Lipinski definition) is 1. The zero-order valence-electron chi connectivity index (χ0n) is 15.7. The second-order valence-corrected chi connectivity index (χ2v) is 7.20. The maximum atomic E-state index is 6.05. The molecule has 0 aromatic heterocycles. The Morgan fingerprint density at radius 2 is 1.60 bits per heavy atom. The number of nitrogens with one attached hydrogen (secondary N) is 1. The highest BCUT2D eigenvalue weighted by Gasteiger charge is 2.19. The summed E-state index contributed by atoms with van der Waals surface area (Å²) in [4.78, 5) is 2.51. The largest absolute Gasteiger partial charge is 0.492 e. The summed E-state index contributed by atoms with van der Waals surface area (Å²) in [7, 11) is 0. The zero-order valence-corrected chi connectivity index (χ0v) is 15.7. The number of piperidine rings is 1. The Morgan fingerprint density at radius 3 is 2.24 bits per heavy atom. The summed E-state index contributed by atoms with van der Waals surface area (Å²) in [6.45, 7) is 10.4. The number of hydrogen-bond acceptors (Lipinski definition) is 3. The van der Waals surface area contributed by atoms with Crippen molar-refractivity contribution in [1.29, 1.82) is 0 Å². The van der Waals surface area contributed by atoms with Gasteiger partial charge in [-0.05, 0) is 56.9 Å². The van der Waals surface area contributed by atoms with Crippen LogP contribution in [0.1, 0.15) is 29.5 Å².